The molecule has 5 N–H and O–H groups in total. The van der Waals surface area contributed by atoms with Gasteiger partial charge < -0.3 is 5.11 Å². The van der Waals surface area contributed by atoms with Gasteiger partial charge in [0.25, 0.3) is 0 Å². The van der Waals surface area contributed by atoms with Crippen molar-refractivity contribution in [3.8, 4) is 0 Å². The first kappa shape index (κ1) is 9.84. The summed E-state index contributed by atoms with van der Waals surface area (Å²) in [7, 11) is 0. The van der Waals surface area contributed by atoms with E-state index in [0.29, 0.717) is 0 Å². The monoisotopic (exact) mass is 126 g/mol. The Morgan fingerprint density at radius 1 is 1.71 bits per heavy atom. The summed E-state index contributed by atoms with van der Waals surface area (Å²) in [6.07, 6.45) is 0. The Balaban J connectivity index is 0. The Labute approximate surface area is 46.0 Å². The minimum atomic E-state index is -0.980. The van der Waals surface area contributed by atoms with Gasteiger partial charge in [-0.2, -0.15) is 0 Å². The molecular formula is C2H7ClN2O2. The predicted molar refractivity (Wildman–Crippen MR) is 26.7 cm³/mol. The molecule has 0 aliphatic rings. The lowest BCUT2D eigenvalue weighted by atomic mass is 10.8. The van der Waals surface area contributed by atoms with Crippen LogP contribution in [-0.2, 0) is 4.79 Å². The summed E-state index contributed by atoms with van der Waals surface area (Å²) in [5.74, 6) is 6.71. The normalized spacial score (nSPS) is 6.14. The number of hydrogen-bond donors (Lipinski definition) is 3. The maximum absolute atomic E-state index is 9.24. The summed E-state index contributed by atoms with van der Waals surface area (Å²) >= 11 is 4.74. The highest BCUT2D eigenvalue weighted by molar-refractivity contribution is 6.26. The van der Waals surface area contributed by atoms with E-state index in [1.807, 2.05) is 0 Å². The fourth-order valence-electron chi connectivity index (χ4n) is 0. The van der Waals surface area contributed by atoms with Gasteiger partial charge in [-0.05, 0) is 0 Å². The zero-order valence-electron chi connectivity index (χ0n) is 3.60. The molecule has 0 rings (SSSR count). The van der Waals surface area contributed by atoms with Crippen LogP contribution >= 0.6 is 11.6 Å². The number of hydrazine groups is 1. The van der Waals surface area contributed by atoms with Crippen molar-refractivity contribution in [2.75, 3.05) is 5.88 Å². The Morgan fingerprint density at radius 2 is 1.86 bits per heavy atom. The number of rotatable bonds is 1. The number of aliphatic carboxylic acids is 1. The summed E-state index contributed by atoms with van der Waals surface area (Å²) < 4.78 is 0. The second-order valence-corrected chi connectivity index (χ2v) is 0.795. The molecule has 0 aromatic rings. The van der Waals surface area contributed by atoms with Crippen LogP contribution in [0.1, 0.15) is 0 Å². The van der Waals surface area contributed by atoms with Gasteiger partial charge >= 0.3 is 5.97 Å². The van der Waals surface area contributed by atoms with Gasteiger partial charge in [0.15, 0.2) is 0 Å². The fourth-order valence-corrected chi connectivity index (χ4v) is 0. The van der Waals surface area contributed by atoms with Gasteiger partial charge in [-0.3, -0.25) is 16.5 Å². The molecule has 0 fully saturated rings. The van der Waals surface area contributed by atoms with Gasteiger partial charge in [0, 0.05) is 0 Å². The predicted octanol–water partition coefficient (Wildman–Crippen LogP) is -0.871. The van der Waals surface area contributed by atoms with E-state index in [4.69, 9.17) is 16.7 Å². The van der Waals surface area contributed by atoms with E-state index in [1.165, 1.54) is 0 Å². The largest absolute Gasteiger partial charge is 0.480 e. The highest BCUT2D eigenvalue weighted by Gasteiger charge is 1.83. The first-order chi connectivity index (χ1) is 3.27. The van der Waals surface area contributed by atoms with Crippen LogP contribution in [0, 0.1) is 0 Å². The molecule has 0 atom stereocenters. The van der Waals surface area contributed by atoms with Gasteiger partial charge in [0.1, 0.15) is 5.88 Å². The van der Waals surface area contributed by atoms with Gasteiger partial charge in [-0.15, -0.1) is 11.6 Å². The van der Waals surface area contributed by atoms with Crippen LogP contribution in [0.5, 0.6) is 0 Å². The molecule has 0 aromatic heterocycles. The van der Waals surface area contributed by atoms with Crippen LogP contribution in [0.4, 0.5) is 0 Å². The number of halogens is 1. The Morgan fingerprint density at radius 3 is 1.86 bits per heavy atom. The summed E-state index contributed by atoms with van der Waals surface area (Å²) in [5, 5.41) is 7.59. The lowest BCUT2D eigenvalue weighted by molar-refractivity contribution is -0.134. The smallest absolute Gasteiger partial charge is 0.318 e. The zero-order chi connectivity index (χ0) is 6.28. The van der Waals surface area contributed by atoms with Crippen LogP contribution < -0.4 is 11.7 Å². The van der Waals surface area contributed by atoms with Crippen LogP contribution in [-0.4, -0.2) is 17.0 Å². The first-order valence-corrected chi connectivity index (χ1v) is 1.92. The maximum atomic E-state index is 9.24. The average molecular weight is 127 g/mol. The summed E-state index contributed by atoms with van der Waals surface area (Å²) in [4.78, 5) is 9.24. The van der Waals surface area contributed by atoms with E-state index in [2.05, 4.69) is 11.7 Å². The second kappa shape index (κ2) is 9.19. The number of carboxylic acid groups (broad SMARTS) is 1. The molecule has 0 saturated heterocycles. The summed E-state index contributed by atoms with van der Waals surface area (Å²) in [5.41, 5.74) is 0. The molecule has 0 unspecified atom stereocenters. The van der Waals surface area contributed by atoms with Gasteiger partial charge in [-0.25, -0.2) is 0 Å². The van der Waals surface area contributed by atoms with Crippen LogP contribution in [0.3, 0.4) is 0 Å². The molecule has 0 saturated carbocycles. The van der Waals surface area contributed by atoms with E-state index in [-0.39, 0.29) is 5.88 Å². The van der Waals surface area contributed by atoms with Gasteiger partial charge in [0.05, 0.1) is 0 Å². The average Bonchev–Trinajstić information content (AvgIpc) is 1.73. The van der Waals surface area contributed by atoms with Crippen molar-refractivity contribution < 1.29 is 9.90 Å². The van der Waals surface area contributed by atoms with Crippen molar-refractivity contribution in [1.82, 2.24) is 0 Å². The minimum Gasteiger partial charge on any atom is -0.480 e. The molecule has 7 heavy (non-hydrogen) atoms. The molecule has 0 heterocycles. The van der Waals surface area contributed by atoms with E-state index in [9.17, 15) is 4.79 Å². The third-order valence-electron chi connectivity index (χ3n) is 0.114. The molecule has 0 radical (unpaired) electrons. The van der Waals surface area contributed by atoms with E-state index >= 15 is 0 Å². The summed E-state index contributed by atoms with van der Waals surface area (Å²) in [6, 6.07) is 0. The molecule has 4 nitrogen and oxygen atoms in total. The van der Waals surface area contributed by atoms with Gasteiger partial charge in [0.2, 0.25) is 0 Å². The molecule has 0 aromatic carbocycles. The molecule has 44 valence electrons. The molecule has 0 spiro atoms. The lowest BCUT2D eigenvalue weighted by Gasteiger charge is -1.69. The van der Waals surface area contributed by atoms with Crippen LogP contribution in [0.15, 0.2) is 0 Å². The van der Waals surface area contributed by atoms with Crippen molar-refractivity contribution in [2.45, 2.75) is 0 Å². The maximum Gasteiger partial charge on any atom is 0.318 e. The number of alkyl halides is 1. The molecule has 5 heteroatoms. The van der Waals surface area contributed by atoms with Crippen LogP contribution in [0.25, 0.3) is 0 Å². The zero-order valence-corrected chi connectivity index (χ0v) is 4.35. The fraction of sp³-hybridized carbons (Fsp3) is 0.500. The second-order valence-electron chi connectivity index (χ2n) is 0.527. The number of carboxylic acids is 1. The number of carbonyl (C=O) groups is 1. The lowest BCUT2D eigenvalue weighted by Crippen LogP contribution is -2.02. The Kier molecular flexibility index (Phi) is 12.9. The quantitative estimate of drug-likeness (QED) is 0.242. The molecule has 0 bridgehead atoms. The third-order valence-corrected chi connectivity index (χ3v) is 0.343. The van der Waals surface area contributed by atoms with Crippen molar-refractivity contribution >= 4 is 17.6 Å². The highest BCUT2D eigenvalue weighted by Crippen LogP contribution is 1.67. The molecule has 0 aliphatic carbocycles. The number of nitrogens with two attached hydrogens (primary N) is 2. The Bertz CT molecular complexity index is 49.0. The van der Waals surface area contributed by atoms with Crippen LogP contribution in [0.2, 0.25) is 0 Å². The van der Waals surface area contributed by atoms with E-state index in [1.54, 1.807) is 0 Å². The SMILES string of the molecule is NN.O=C(O)CCl. The standard InChI is InChI=1S/C2H3ClO2.H4N2/c3-1-2(4)5;1-2/h1H2,(H,4,5);1-2H2. The topological polar surface area (TPSA) is 89.3 Å². The Hall–Kier alpha value is -0.320. The van der Waals surface area contributed by atoms with Crippen molar-refractivity contribution in [1.29, 1.82) is 0 Å². The van der Waals surface area contributed by atoms with E-state index < -0.39 is 5.97 Å². The number of hydrogen-bond acceptors (Lipinski definition) is 3. The molecular weight excluding hydrogens is 119 g/mol. The van der Waals surface area contributed by atoms with Gasteiger partial charge in [-0.1, -0.05) is 0 Å². The minimum absolute atomic E-state index is 0.306. The van der Waals surface area contributed by atoms with E-state index in [0.717, 1.165) is 0 Å². The highest BCUT2D eigenvalue weighted by atomic mass is 35.5. The van der Waals surface area contributed by atoms with Crippen molar-refractivity contribution in [2.24, 2.45) is 11.7 Å². The van der Waals surface area contributed by atoms with Crippen molar-refractivity contribution in [3.63, 3.8) is 0 Å². The molecule has 0 aliphatic heterocycles. The third kappa shape index (κ3) is 27.3. The summed E-state index contributed by atoms with van der Waals surface area (Å²) in [6.45, 7) is 0. The molecule has 0 amide bonds. The van der Waals surface area contributed by atoms with Crippen molar-refractivity contribution in [3.05, 3.63) is 0 Å². The first-order valence-electron chi connectivity index (χ1n) is 1.38.